The zero-order valence-corrected chi connectivity index (χ0v) is 21.8. The number of hydrogen-bond donors (Lipinski definition) is 2. The molecule has 0 aliphatic carbocycles. The van der Waals surface area contributed by atoms with Crippen molar-refractivity contribution < 1.29 is 23.4 Å². The van der Waals surface area contributed by atoms with Gasteiger partial charge >= 0.3 is 0 Å². The summed E-state index contributed by atoms with van der Waals surface area (Å²) in [6, 6.07) is 21.7. The van der Waals surface area contributed by atoms with Gasteiger partial charge < -0.3 is 10.2 Å². The summed E-state index contributed by atoms with van der Waals surface area (Å²) < 4.78 is 28.8. The van der Waals surface area contributed by atoms with Gasteiger partial charge in [0.15, 0.2) is 0 Å². The zero-order valence-electron chi connectivity index (χ0n) is 21.0. The van der Waals surface area contributed by atoms with Gasteiger partial charge in [0.25, 0.3) is 15.9 Å². The first-order chi connectivity index (χ1) is 17.5. The first-order valence-corrected chi connectivity index (χ1v) is 13.3. The summed E-state index contributed by atoms with van der Waals surface area (Å²) in [5.74, 6) is -0.416. The van der Waals surface area contributed by atoms with E-state index in [1.165, 1.54) is 12.1 Å². The second-order valence-electron chi connectivity index (χ2n) is 9.57. The first-order valence-electron chi connectivity index (χ1n) is 11.9. The zero-order chi connectivity index (χ0) is 26.7. The van der Waals surface area contributed by atoms with Crippen LogP contribution in [0, 0.1) is 27.7 Å². The first kappa shape index (κ1) is 24.6. The fourth-order valence-electron chi connectivity index (χ4n) is 5.35. The fraction of sp³-hybridized carbons (Fsp3) is 0.167. The highest BCUT2D eigenvalue weighted by molar-refractivity contribution is 7.93. The van der Waals surface area contributed by atoms with Gasteiger partial charge in [0, 0.05) is 5.56 Å². The van der Waals surface area contributed by atoms with Crippen LogP contribution in [-0.4, -0.2) is 24.5 Å². The molecule has 1 aliphatic heterocycles. The van der Waals surface area contributed by atoms with Crippen LogP contribution >= 0.6 is 0 Å². The number of nitrogens with zero attached hydrogens (tertiary/aromatic N) is 1. The van der Waals surface area contributed by atoms with E-state index in [2.05, 4.69) is 0 Å². The second-order valence-corrected chi connectivity index (χ2v) is 11.4. The van der Waals surface area contributed by atoms with Gasteiger partial charge in [-0.2, -0.15) is 0 Å². The highest BCUT2D eigenvalue weighted by atomic mass is 32.2. The molecule has 0 bridgehead atoms. The number of aryl methyl sites for hydroxylation is 4. The van der Waals surface area contributed by atoms with Gasteiger partial charge in [-0.1, -0.05) is 60.7 Å². The van der Waals surface area contributed by atoms with Crippen molar-refractivity contribution in [3.05, 3.63) is 118 Å². The fourth-order valence-corrected chi connectivity index (χ4v) is 6.84. The number of fused-ring (bicyclic) bond motifs is 1. The summed E-state index contributed by atoms with van der Waals surface area (Å²) in [4.78, 5) is 14.7. The minimum absolute atomic E-state index is 0.00471. The van der Waals surface area contributed by atoms with E-state index >= 15 is 0 Å². The Morgan fingerprint density at radius 1 is 0.676 bits per heavy atom. The van der Waals surface area contributed by atoms with Crippen molar-refractivity contribution in [2.75, 3.05) is 4.31 Å². The molecule has 0 spiro atoms. The van der Waals surface area contributed by atoms with Crippen LogP contribution in [0.25, 0.3) is 0 Å². The number of carbonyl (C=O) groups is 1. The van der Waals surface area contributed by atoms with Gasteiger partial charge in [0.2, 0.25) is 0 Å². The molecule has 2 N–H and O–H groups in total. The smallest absolute Gasteiger partial charge is 0.270 e. The number of amides is 1. The number of benzene rings is 4. The van der Waals surface area contributed by atoms with Crippen LogP contribution in [0.4, 0.5) is 5.69 Å². The minimum atomic E-state index is -4.26. The second kappa shape index (κ2) is 8.49. The molecule has 0 radical (unpaired) electrons. The largest absolute Gasteiger partial charge is 0.507 e. The summed E-state index contributed by atoms with van der Waals surface area (Å²) in [5, 5.41) is 21.0. The Kier molecular flexibility index (Phi) is 5.64. The highest BCUT2D eigenvalue weighted by Gasteiger charge is 2.57. The lowest BCUT2D eigenvalue weighted by molar-refractivity contribution is -0.119. The van der Waals surface area contributed by atoms with E-state index in [1.54, 1.807) is 94.4 Å². The summed E-state index contributed by atoms with van der Waals surface area (Å²) in [6.07, 6.45) is 0. The molecular formula is C30H27NO5S. The number of anilines is 1. The summed E-state index contributed by atoms with van der Waals surface area (Å²) in [7, 11) is -4.26. The van der Waals surface area contributed by atoms with E-state index in [-0.39, 0.29) is 22.1 Å². The average Bonchev–Trinajstić information content (AvgIpc) is 3.15. The molecule has 7 heteroatoms. The molecule has 0 aromatic heterocycles. The Morgan fingerprint density at radius 2 is 1.11 bits per heavy atom. The molecule has 0 saturated heterocycles. The normalized spacial score (nSPS) is 14.6. The number of carbonyl (C=O) groups excluding carboxylic acids is 1. The Hall–Kier alpha value is -4.10. The SMILES string of the molecule is Cc1cc(C2(c3cc(C)c(O)c(C)c3)C(=O)N(S(=O)(=O)c3ccccc3)c3ccccc32)cc(C)c1O. The van der Waals surface area contributed by atoms with Crippen molar-refractivity contribution in [2.24, 2.45) is 0 Å². The Labute approximate surface area is 216 Å². The van der Waals surface area contributed by atoms with Crippen molar-refractivity contribution in [1.82, 2.24) is 0 Å². The molecule has 1 heterocycles. The third-order valence-corrected chi connectivity index (χ3v) is 8.87. The Bertz CT molecular complexity index is 1570. The summed E-state index contributed by atoms with van der Waals surface area (Å²) >= 11 is 0. The molecule has 0 saturated carbocycles. The molecular weight excluding hydrogens is 486 g/mol. The molecule has 5 rings (SSSR count). The quantitative estimate of drug-likeness (QED) is 0.381. The van der Waals surface area contributed by atoms with Gasteiger partial charge in [-0.3, -0.25) is 4.79 Å². The van der Waals surface area contributed by atoms with Crippen LogP contribution in [0.15, 0.2) is 83.8 Å². The van der Waals surface area contributed by atoms with Gasteiger partial charge in [-0.05, 0) is 79.3 Å². The molecule has 4 aromatic rings. The number of phenols is 2. The number of phenolic OH excluding ortho intramolecular Hbond substituents is 2. The number of hydrogen-bond acceptors (Lipinski definition) is 5. The number of sulfonamides is 1. The molecule has 0 atom stereocenters. The van der Waals surface area contributed by atoms with Crippen molar-refractivity contribution in [2.45, 2.75) is 38.0 Å². The Balaban J connectivity index is 1.92. The number of aromatic hydroxyl groups is 2. The van der Waals surface area contributed by atoms with Gasteiger partial charge in [-0.25, -0.2) is 12.7 Å². The van der Waals surface area contributed by atoms with Crippen LogP contribution in [0.1, 0.15) is 38.9 Å². The van der Waals surface area contributed by atoms with E-state index in [1.807, 2.05) is 0 Å². The third kappa shape index (κ3) is 3.45. The predicted octanol–water partition coefficient (Wildman–Crippen LogP) is 5.40. The summed E-state index contributed by atoms with van der Waals surface area (Å²) in [5.41, 5.74) is 2.57. The van der Waals surface area contributed by atoms with Crippen molar-refractivity contribution >= 4 is 21.6 Å². The van der Waals surface area contributed by atoms with Gasteiger partial charge in [0.05, 0.1) is 10.6 Å². The standard InChI is InChI=1S/C30H27NO5S/c1-18-14-22(15-19(2)27(18)32)30(23-16-20(3)28(33)21(4)17-23)25-12-8-9-13-26(25)31(29(30)34)37(35,36)24-10-6-5-7-11-24/h5-17,32-33H,1-4H3. The van der Waals surface area contributed by atoms with E-state index in [0.29, 0.717) is 38.9 Å². The maximum atomic E-state index is 14.7. The van der Waals surface area contributed by atoms with Crippen LogP contribution in [-0.2, 0) is 20.2 Å². The minimum Gasteiger partial charge on any atom is -0.507 e. The van der Waals surface area contributed by atoms with Crippen LogP contribution in [0.2, 0.25) is 0 Å². The van der Waals surface area contributed by atoms with E-state index < -0.39 is 21.3 Å². The van der Waals surface area contributed by atoms with Gasteiger partial charge in [0.1, 0.15) is 16.9 Å². The monoisotopic (exact) mass is 513 g/mol. The molecule has 0 fully saturated rings. The molecule has 6 nitrogen and oxygen atoms in total. The maximum Gasteiger partial charge on any atom is 0.270 e. The van der Waals surface area contributed by atoms with Crippen molar-refractivity contribution in [3.63, 3.8) is 0 Å². The number of rotatable bonds is 4. The molecule has 188 valence electrons. The van der Waals surface area contributed by atoms with E-state index in [9.17, 15) is 23.4 Å². The van der Waals surface area contributed by atoms with Crippen molar-refractivity contribution in [1.29, 1.82) is 0 Å². The summed E-state index contributed by atoms with van der Waals surface area (Å²) in [6.45, 7) is 6.99. The van der Waals surface area contributed by atoms with E-state index in [0.717, 1.165) is 4.31 Å². The van der Waals surface area contributed by atoms with Crippen molar-refractivity contribution in [3.8, 4) is 11.5 Å². The lowest BCUT2D eigenvalue weighted by Gasteiger charge is -2.31. The van der Waals surface area contributed by atoms with Crippen LogP contribution in [0.5, 0.6) is 11.5 Å². The van der Waals surface area contributed by atoms with Crippen LogP contribution in [0.3, 0.4) is 0 Å². The molecule has 4 aromatic carbocycles. The highest BCUT2D eigenvalue weighted by Crippen LogP contribution is 2.53. The lowest BCUT2D eigenvalue weighted by atomic mass is 9.69. The topological polar surface area (TPSA) is 94.9 Å². The van der Waals surface area contributed by atoms with Gasteiger partial charge in [-0.15, -0.1) is 0 Å². The third-order valence-electron chi connectivity index (χ3n) is 7.16. The molecule has 37 heavy (non-hydrogen) atoms. The van der Waals surface area contributed by atoms with E-state index in [4.69, 9.17) is 0 Å². The maximum absolute atomic E-state index is 14.7. The number of para-hydroxylation sites is 1. The van der Waals surface area contributed by atoms with Crippen LogP contribution < -0.4 is 4.31 Å². The Morgan fingerprint density at radius 3 is 1.59 bits per heavy atom. The molecule has 0 unspecified atom stereocenters. The molecule has 1 amide bonds. The predicted molar refractivity (Wildman–Crippen MR) is 143 cm³/mol. The average molecular weight is 514 g/mol. The molecule has 1 aliphatic rings. The lowest BCUT2D eigenvalue weighted by Crippen LogP contribution is -2.44.